The van der Waals surface area contributed by atoms with Crippen molar-refractivity contribution in [3.05, 3.63) is 64.2 Å². The number of aromatic nitrogens is 1. The van der Waals surface area contributed by atoms with E-state index < -0.39 is 5.82 Å². The van der Waals surface area contributed by atoms with Gasteiger partial charge in [0.15, 0.2) is 5.78 Å². The van der Waals surface area contributed by atoms with Crippen molar-refractivity contribution in [2.45, 2.75) is 13.3 Å². The number of pyridine rings is 1. The third kappa shape index (κ3) is 2.74. The Labute approximate surface area is 109 Å². The molecule has 4 heteroatoms. The van der Waals surface area contributed by atoms with E-state index in [-0.39, 0.29) is 17.2 Å². The molecule has 0 saturated carbocycles. The molecular formula is C14H11ClFNO. The first-order chi connectivity index (χ1) is 8.58. The molecule has 0 aliphatic heterocycles. The minimum absolute atomic E-state index is 0.00139. The van der Waals surface area contributed by atoms with Crippen LogP contribution in [0.3, 0.4) is 0 Å². The zero-order chi connectivity index (χ0) is 13.1. The number of ketones is 1. The Kier molecular flexibility index (Phi) is 3.72. The highest BCUT2D eigenvalue weighted by Gasteiger charge is 2.12. The summed E-state index contributed by atoms with van der Waals surface area (Å²) in [6, 6.07) is 9.66. The molecule has 92 valence electrons. The van der Waals surface area contributed by atoms with E-state index in [4.69, 9.17) is 11.6 Å². The Bertz CT molecular complexity index is 598. The van der Waals surface area contributed by atoms with Gasteiger partial charge in [-0.1, -0.05) is 29.8 Å². The highest BCUT2D eigenvalue weighted by molar-refractivity contribution is 6.31. The van der Waals surface area contributed by atoms with E-state index in [9.17, 15) is 9.18 Å². The largest absolute Gasteiger partial charge is 0.292 e. The van der Waals surface area contributed by atoms with Crippen LogP contribution in [0.4, 0.5) is 4.39 Å². The Hall–Kier alpha value is -1.74. The Morgan fingerprint density at radius 2 is 2.00 bits per heavy atom. The van der Waals surface area contributed by atoms with E-state index >= 15 is 0 Å². The molecule has 0 aliphatic carbocycles. The third-order valence-electron chi connectivity index (χ3n) is 2.56. The Morgan fingerprint density at radius 1 is 1.28 bits per heavy atom. The smallest absolute Gasteiger partial charge is 0.185 e. The maximum atomic E-state index is 13.2. The second-order valence-corrected chi connectivity index (χ2v) is 4.36. The lowest BCUT2D eigenvalue weighted by atomic mass is 10.1. The SMILES string of the molecule is Cc1cccc(C(=O)Cc2cccc(F)c2Cl)n1. The molecule has 2 aromatic rings. The predicted octanol–water partition coefficient (Wildman–Crippen LogP) is 3.61. The highest BCUT2D eigenvalue weighted by Crippen LogP contribution is 2.21. The van der Waals surface area contributed by atoms with Gasteiger partial charge in [-0.25, -0.2) is 4.39 Å². The van der Waals surface area contributed by atoms with Crippen molar-refractivity contribution in [3.8, 4) is 0 Å². The average molecular weight is 264 g/mol. The summed E-state index contributed by atoms with van der Waals surface area (Å²) in [6.45, 7) is 1.81. The van der Waals surface area contributed by atoms with Gasteiger partial charge in [-0.3, -0.25) is 9.78 Å². The van der Waals surface area contributed by atoms with E-state index in [1.807, 2.05) is 13.0 Å². The van der Waals surface area contributed by atoms with Crippen LogP contribution < -0.4 is 0 Å². The van der Waals surface area contributed by atoms with Gasteiger partial charge in [0, 0.05) is 12.1 Å². The maximum absolute atomic E-state index is 13.2. The molecule has 0 saturated heterocycles. The van der Waals surface area contributed by atoms with Crippen molar-refractivity contribution in [1.82, 2.24) is 4.98 Å². The van der Waals surface area contributed by atoms with Gasteiger partial charge in [0.1, 0.15) is 11.5 Å². The topological polar surface area (TPSA) is 30.0 Å². The molecule has 0 N–H and O–H groups in total. The molecule has 2 rings (SSSR count). The highest BCUT2D eigenvalue weighted by atomic mass is 35.5. The molecule has 0 unspecified atom stereocenters. The monoisotopic (exact) mass is 263 g/mol. The van der Waals surface area contributed by atoms with Gasteiger partial charge in [-0.2, -0.15) is 0 Å². The van der Waals surface area contributed by atoms with Crippen molar-refractivity contribution < 1.29 is 9.18 Å². The van der Waals surface area contributed by atoms with Crippen LogP contribution in [0.5, 0.6) is 0 Å². The van der Waals surface area contributed by atoms with Crippen LogP contribution in [0, 0.1) is 12.7 Å². The molecule has 2 nitrogen and oxygen atoms in total. The standard InChI is InChI=1S/C14H11ClFNO/c1-9-4-2-7-12(17-9)13(18)8-10-5-3-6-11(16)14(10)15/h2-7H,8H2,1H3. The van der Waals surface area contributed by atoms with E-state index in [0.29, 0.717) is 11.3 Å². The van der Waals surface area contributed by atoms with Crippen LogP contribution in [0.2, 0.25) is 5.02 Å². The van der Waals surface area contributed by atoms with Gasteiger partial charge < -0.3 is 0 Å². The van der Waals surface area contributed by atoms with Crippen molar-refractivity contribution in [1.29, 1.82) is 0 Å². The summed E-state index contributed by atoms with van der Waals surface area (Å²) >= 11 is 5.81. The third-order valence-corrected chi connectivity index (χ3v) is 2.98. The minimum atomic E-state index is -0.515. The van der Waals surface area contributed by atoms with E-state index in [2.05, 4.69) is 4.98 Å². The molecule has 1 aromatic heterocycles. The van der Waals surface area contributed by atoms with Gasteiger partial charge >= 0.3 is 0 Å². The number of Topliss-reactive ketones (excluding diaryl/α,β-unsaturated/α-hetero) is 1. The molecule has 0 amide bonds. The lowest BCUT2D eigenvalue weighted by Gasteiger charge is -2.04. The fourth-order valence-electron chi connectivity index (χ4n) is 1.65. The van der Waals surface area contributed by atoms with Gasteiger partial charge in [0.2, 0.25) is 0 Å². The van der Waals surface area contributed by atoms with Gasteiger partial charge in [-0.15, -0.1) is 0 Å². The molecule has 0 radical (unpaired) electrons. The average Bonchev–Trinajstić information content (AvgIpc) is 2.35. The van der Waals surface area contributed by atoms with E-state index in [0.717, 1.165) is 5.69 Å². The fraction of sp³-hybridized carbons (Fsp3) is 0.143. The molecule has 0 bridgehead atoms. The summed E-state index contributed by atoms with van der Waals surface area (Å²) in [6.07, 6.45) is 0.0487. The van der Waals surface area contributed by atoms with Crippen LogP contribution in [-0.4, -0.2) is 10.8 Å². The lowest BCUT2D eigenvalue weighted by molar-refractivity contribution is 0.0988. The first kappa shape index (κ1) is 12.7. The summed E-state index contributed by atoms with van der Waals surface area (Å²) in [5.74, 6) is -0.689. The summed E-state index contributed by atoms with van der Waals surface area (Å²) in [7, 11) is 0. The number of rotatable bonds is 3. The quantitative estimate of drug-likeness (QED) is 0.792. The van der Waals surface area contributed by atoms with Gasteiger partial charge in [-0.05, 0) is 30.7 Å². The molecule has 0 atom stereocenters. The predicted molar refractivity (Wildman–Crippen MR) is 68.4 cm³/mol. The molecule has 1 aromatic carbocycles. The van der Waals surface area contributed by atoms with Crippen LogP contribution in [-0.2, 0) is 6.42 Å². The first-order valence-electron chi connectivity index (χ1n) is 5.47. The molecular weight excluding hydrogens is 253 g/mol. The van der Waals surface area contributed by atoms with Gasteiger partial charge in [0.25, 0.3) is 0 Å². The van der Waals surface area contributed by atoms with Crippen LogP contribution >= 0.6 is 11.6 Å². The zero-order valence-electron chi connectivity index (χ0n) is 9.78. The number of hydrogen-bond acceptors (Lipinski definition) is 2. The minimum Gasteiger partial charge on any atom is -0.292 e. The number of halogens is 2. The van der Waals surface area contributed by atoms with Crippen molar-refractivity contribution >= 4 is 17.4 Å². The zero-order valence-corrected chi connectivity index (χ0v) is 10.5. The number of hydrogen-bond donors (Lipinski definition) is 0. The van der Waals surface area contributed by atoms with Crippen LogP contribution in [0.25, 0.3) is 0 Å². The number of carbonyl (C=O) groups excluding carboxylic acids is 1. The fourth-order valence-corrected chi connectivity index (χ4v) is 1.84. The molecule has 1 heterocycles. The summed E-state index contributed by atoms with van der Waals surface area (Å²) in [4.78, 5) is 16.1. The van der Waals surface area contributed by atoms with Crippen molar-refractivity contribution in [3.63, 3.8) is 0 Å². The first-order valence-corrected chi connectivity index (χ1v) is 5.85. The van der Waals surface area contributed by atoms with Gasteiger partial charge in [0.05, 0.1) is 5.02 Å². The second-order valence-electron chi connectivity index (χ2n) is 3.98. The molecule has 0 fully saturated rings. The molecule has 0 spiro atoms. The molecule has 18 heavy (non-hydrogen) atoms. The Morgan fingerprint density at radius 3 is 2.72 bits per heavy atom. The number of nitrogens with zero attached hydrogens (tertiary/aromatic N) is 1. The number of carbonyl (C=O) groups is 1. The number of benzene rings is 1. The number of aryl methyl sites for hydroxylation is 1. The molecule has 0 aliphatic rings. The lowest BCUT2D eigenvalue weighted by Crippen LogP contribution is -2.07. The normalized spacial score (nSPS) is 10.4. The Balaban J connectivity index is 2.24. The summed E-state index contributed by atoms with van der Waals surface area (Å²) < 4.78 is 13.2. The van der Waals surface area contributed by atoms with Crippen molar-refractivity contribution in [2.24, 2.45) is 0 Å². The van der Waals surface area contributed by atoms with Crippen molar-refractivity contribution in [2.75, 3.05) is 0 Å². The van der Waals surface area contributed by atoms with Crippen LogP contribution in [0.15, 0.2) is 36.4 Å². The van der Waals surface area contributed by atoms with E-state index in [1.165, 1.54) is 12.1 Å². The summed E-state index contributed by atoms with van der Waals surface area (Å²) in [5.41, 5.74) is 1.62. The van der Waals surface area contributed by atoms with Crippen LogP contribution in [0.1, 0.15) is 21.7 Å². The second kappa shape index (κ2) is 5.27. The summed E-state index contributed by atoms with van der Waals surface area (Å²) in [5, 5.41) is -0.00139. The maximum Gasteiger partial charge on any atom is 0.185 e. The van der Waals surface area contributed by atoms with E-state index in [1.54, 1.807) is 18.2 Å².